The molecule has 0 saturated heterocycles. The highest BCUT2D eigenvalue weighted by Crippen LogP contribution is 2.26. The van der Waals surface area contributed by atoms with Crippen LogP contribution in [-0.2, 0) is 0 Å². The average molecular weight is 276 g/mol. The Morgan fingerprint density at radius 1 is 1.20 bits per heavy atom. The minimum atomic E-state index is -0.874. The molecule has 1 atom stereocenters. The molecule has 0 aliphatic carbocycles. The molecule has 2 rings (SSSR count). The smallest absolute Gasteiger partial charge is 0.305 e. The largest absolute Gasteiger partial charge is 0.497 e. The number of nitrogens with two attached hydrogens (primary N) is 1. The van der Waals surface area contributed by atoms with Gasteiger partial charge in [0.25, 0.3) is 0 Å². The maximum Gasteiger partial charge on any atom is 0.305 e. The molecule has 0 aliphatic heterocycles. The second-order valence-corrected chi connectivity index (χ2v) is 4.22. The third-order valence-electron chi connectivity index (χ3n) is 3.00. The fourth-order valence-corrected chi connectivity index (χ4v) is 1.87. The van der Waals surface area contributed by atoms with Crippen LogP contribution in [0, 0.1) is 15.9 Å². The predicted octanol–water partition coefficient (Wildman–Crippen LogP) is 2.79. The van der Waals surface area contributed by atoms with Crippen LogP contribution in [0.3, 0.4) is 0 Å². The van der Waals surface area contributed by atoms with Crippen molar-refractivity contribution in [2.24, 2.45) is 5.73 Å². The Morgan fingerprint density at radius 3 is 2.35 bits per heavy atom. The van der Waals surface area contributed by atoms with Gasteiger partial charge in [-0.2, -0.15) is 4.39 Å². The van der Waals surface area contributed by atoms with Crippen molar-refractivity contribution in [2.75, 3.05) is 7.11 Å². The molecule has 0 bridgehead atoms. The molecule has 0 radical (unpaired) electrons. The highest BCUT2D eigenvalue weighted by Gasteiger charge is 2.18. The summed E-state index contributed by atoms with van der Waals surface area (Å²) in [6, 6.07) is 10.1. The SMILES string of the molecule is COc1ccc(C(N)c2ccc(F)c([N+](=O)[O-])c2)cc1. The molecule has 20 heavy (non-hydrogen) atoms. The predicted molar refractivity (Wildman–Crippen MR) is 72.1 cm³/mol. The van der Waals surface area contributed by atoms with E-state index >= 15 is 0 Å². The van der Waals surface area contributed by atoms with Crippen molar-refractivity contribution in [1.29, 1.82) is 0 Å². The van der Waals surface area contributed by atoms with Gasteiger partial charge in [0.2, 0.25) is 5.82 Å². The van der Waals surface area contributed by atoms with E-state index in [9.17, 15) is 14.5 Å². The molecule has 0 saturated carbocycles. The van der Waals surface area contributed by atoms with Gasteiger partial charge < -0.3 is 10.5 Å². The summed E-state index contributed by atoms with van der Waals surface area (Å²) >= 11 is 0. The zero-order valence-electron chi connectivity index (χ0n) is 10.7. The molecule has 2 aromatic rings. The summed E-state index contributed by atoms with van der Waals surface area (Å²) < 4.78 is 18.3. The zero-order chi connectivity index (χ0) is 14.7. The summed E-state index contributed by atoms with van der Waals surface area (Å²) in [5, 5.41) is 10.7. The zero-order valence-corrected chi connectivity index (χ0v) is 10.7. The van der Waals surface area contributed by atoms with Crippen LogP contribution in [0.25, 0.3) is 0 Å². The third-order valence-corrected chi connectivity index (χ3v) is 3.00. The quantitative estimate of drug-likeness (QED) is 0.688. The first-order valence-electron chi connectivity index (χ1n) is 5.86. The Kier molecular flexibility index (Phi) is 3.95. The van der Waals surface area contributed by atoms with Crippen molar-refractivity contribution >= 4 is 5.69 Å². The maximum atomic E-state index is 13.3. The molecule has 0 heterocycles. The lowest BCUT2D eigenvalue weighted by molar-refractivity contribution is -0.387. The van der Waals surface area contributed by atoms with Gasteiger partial charge in [0.1, 0.15) is 5.75 Å². The first-order valence-corrected chi connectivity index (χ1v) is 5.86. The van der Waals surface area contributed by atoms with Crippen LogP contribution < -0.4 is 10.5 Å². The van der Waals surface area contributed by atoms with Gasteiger partial charge in [0, 0.05) is 6.07 Å². The van der Waals surface area contributed by atoms with Gasteiger partial charge in [-0.1, -0.05) is 18.2 Å². The third kappa shape index (κ3) is 2.75. The lowest BCUT2D eigenvalue weighted by Crippen LogP contribution is -2.12. The van der Waals surface area contributed by atoms with Gasteiger partial charge in [0.05, 0.1) is 18.1 Å². The number of halogens is 1. The van der Waals surface area contributed by atoms with Gasteiger partial charge in [-0.15, -0.1) is 0 Å². The van der Waals surface area contributed by atoms with Crippen molar-refractivity contribution in [1.82, 2.24) is 0 Å². The monoisotopic (exact) mass is 276 g/mol. The molecular weight excluding hydrogens is 263 g/mol. The first kappa shape index (κ1) is 14.0. The van der Waals surface area contributed by atoms with Gasteiger partial charge in [-0.25, -0.2) is 0 Å². The molecule has 104 valence electrons. The number of hydrogen-bond donors (Lipinski definition) is 1. The fourth-order valence-electron chi connectivity index (χ4n) is 1.87. The van der Waals surface area contributed by atoms with E-state index in [4.69, 9.17) is 10.5 Å². The van der Waals surface area contributed by atoms with Crippen molar-refractivity contribution in [3.05, 3.63) is 69.5 Å². The number of hydrogen-bond acceptors (Lipinski definition) is 4. The summed E-state index contributed by atoms with van der Waals surface area (Å²) in [5.41, 5.74) is 6.70. The topological polar surface area (TPSA) is 78.4 Å². The van der Waals surface area contributed by atoms with Crippen LogP contribution in [0.4, 0.5) is 10.1 Å². The molecule has 6 heteroatoms. The summed E-state index contributed by atoms with van der Waals surface area (Å²) in [6.45, 7) is 0. The second kappa shape index (κ2) is 5.66. The molecular formula is C14H13FN2O3. The standard InChI is InChI=1S/C14H13FN2O3/c1-20-11-5-2-9(3-6-11)14(16)10-4-7-12(15)13(8-10)17(18)19/h2-8,14H,16H2,1H3. The van der Waals surface area contributed by atoms with Crippen molar-refractivity contribution in [2.45, 2.75) is 6.04 Å². The summed E-state index contributed by atoms with van der Waals surface area (Å²) in [5.74, 6) is -0.188. The number of nitro benzene ring substituents is 1. The lowest BCUT2D eigenvalue weighted by Gasteiger charge is -2.13. The number of nitrogens with zero attached hydrogens (tertiary/aromatic N) is 1. The minimum absolute atomic E-state index is 0.475. The van der Waals surface area contributed by atoms with Gasteiger partial charge in [-0.3, -0.25) is 10.1 Å². The minimum Gasteiger partial charge on any atom is -0.497 e. The molecule has 0 amide bonds. The first-order chi connectivity index (χ1) is 9.52. The van der Waals surface area contributed by atoms with Crippen LogP contribution in [-0.4, -0.2) is 12.0 Å². The highest BCUT2D eigenvalue weighted by atomic mass is 19.1. The molecule has 0 fully saturated rings. The molecule has 0 aromatic heterocycles. The van der Waals surface area contributed by atoms with E-state index in [0.717, 1.165) is 17.7 Å². The van der Waals surface area contributed by atoms with E-state index in [1.807, 2.05) is 0 Å². The number of nitro groups is 1. The number of ether oxygens (including phenoxy) is 1. The molecule has 1 unspecified atom stereocenters. The Morgan fingerprint density at radius 2 is 1.80 bits per heavy atom. The lowest BCUT2D eigenvalue weighted by atomic mass is 9.99. The maximum absolute atomic E-state index is 13.3. The molecule has 0 aliphatic rings. The Balaban J connectivity index is 2.34. The van der Waals surface area contributed by atoms with E-state index in [-0.39, 0.29) is 0 Å². The molecule has 5 nitrogen and oxygen atoms in total. The second-order valence-electron chi connectivity index (χ2n) is 4.22. The van der Waals surface area contributed by atoms with Gasteiger partial charge in [0.15, 0.2) is 0 Å². The Hall–Kier alpha value is -2.47. The van der Waals surface area contributed by atoms with E-state index < -0.39 is 22.5 Å². The van der Waals surface area contributed by atoms with E-state index in [2.05, 4.69) is 0 Å². The van der Waals surface area contributed by atoms with Crippen molar-refractivity contribution in [3.8, 4) is 5.75 Å². The van der Waals surface area contributed by atoms with E-state index in [1.165, 1.54) is 6.07 Å². The van der Waals surface area contributed by atoms with E-state index in [0.29, 0.717) is 11.3 Å². The highest BCUT2D eigenvalue weighted by molar-refractivity contribution is 5.41. The number of methoxy groups -OCH3 is 1. The Labute approximate surface area is 114 Å². The van der Waals surface area contributed by atoms with Gasteiger partial charge in [-0.05, 0) is 29.3 Å². The number of rotatable bonds is 4. The van der Waals surface area contributed by atoms with Crippen LogP contribution in [0.2, 0.25) is 0 Å². The fraction of sp³-hybridized carbons (Fsp3) is 0.143. The molecule has 2 aromatic carbocycles. The average Bonchev–Trinajstić information content (AvgIpc) is 2.47. The van der Waals surface area contributed by atoms with Crippen LogP contribution in [0.1, 0.15) is 17.2 Å². The summed E-state index contributed by atoms with van der Waals surface area (Å²) in [7, 11) is 1.55. The summed E-state index contributed by atoms with van der Waals surface area (Å²) in [6.07, 6.45) is 0. The number of benzene rings is 2. The molecule has 0 spiro atoms. The van der Waals surface area contributed by atoms with Gasteiger partial charge >= 0.3 is 5.69 Å². The van der Waals surface area contributed by atoms with Crippen LogP contribution in [0.15, 0.2) is 42.5 Å². The van der Waals surface area contributed by atoms with E-state index in [1.54, 1.807) is 31.4 Å². The van der Waals surface area contributed by atoms with Crippen LogP contribution >= 0.6 is 0 Å². The Bertz CT molecular complexity index is 629. The van der Waals surface area contributed by atoms with Crippen LogP contribution in [0.5, 0.6) is 5.75 Å². The molecule has 2 N–H and O–H groups in total. The normalized spacial score (nSPS) is 11.9. The summed E-state index contributed by atoms with van der Waals surface area (Å²) in [4.78, 5) is 9.96. The van der Waals surface area contributed by atoms with Crippen molar-refractivity contribution in [3.63, 3.8) is 0 Å². The van der Waals surface area contributed by atoms with Crippen molar-refractivity contribution < 1.29 is 14.1 Å².